The van der Waals surface area contributed by atoms with Gasteiger partial charge in [-0.15, -0.1) is 6.58 Å². The Bertz CT molecular complexity index is 644. The molecule has 1 N–H and O–H groups in total. The maximum Gasteiger partial charge on any atom is 0.311 e. The van der Waals surface area contributed by atoms with Crippen LogP contribution in [0.5, 0.6) is 5.75 Å². The topological polar surface area (TPSA) is 105 Å². The van der Waals surface area contributed by atoms with E-state index in [1.807, 2.05) is 0 Å². The van der Waals surface area contributed by atoms with Crippen LogP contribution < -0.4 is 10.1 Å². The number of rotatable bonds is 6. The van der Waals surface area contributed by atoms with Gasteiger partial charge in [0, 0.05) is 12.6 Å². The third-order valence-electron chi connectivity index (χ3n) is 2.48. The van der Waals surface area contributed by atoms with E-state index in [1.165, 1.54) is 37.5 Å². The molecule has 0 atom stereocenters. The molecule has 21 heavy (non-hydrogen) atoms. The van der Waals surface area contributed by atoms with Gasteiger partial charge in [0.2, 0.25) is 0 Å². The zero-order chi connectivity index (χ0) is 15.8. The Morgan fingerprint density at radius 2 is 2.33 bits per heavy atom. The van der Waals surface area contributed by atoms with E-state index in [2.05, 4.69) is 11.9 Å². The van der Waals surface area contributed by atoms with Crippen molar-refractivity contribution in [2.45, 2.75) is 0 Å². The molecule has 0 bridgehead atoms. The molecule has 0 aliphatic rings. The van der Waals surface area contributed by atoms with Gasteiger partial charge < -0.3 is 10.1 Å². The number of amides is 1. The molecule has 0 aromatic heterocycles. The van der Waals surface area contributed by atoms with Gasteiger partial charge in [0.1, 0.15) is 11.6 Å². The number of nitro benzene ring substituents is 1. The zero-order valence-corrected chi connectivity index (χ0v) is 11.3. The lowest BCUT2D eigenvalue weighted by Crippen LogP contribution is -2.24. The van der Waals surface area contributed by atoms with Crippen LogP contribution in [0.3, 0.4) is 0 Å². The zero-order valence-electron chi connectivity index (χ0n) is 11.3. The molecule has 0 saturated heterocycles. The second-order valence-corrected chi connectivity index (χ2v) is 3.86. The van der Waals surface area contributed by atoms with Crippen molar-refractivity contribution in [1.29, 1.82) is 5.26 Å². The molecule has 1 rings (SSSR count). The molecule has 0 spiro atoms. The van der Waals surface area contributed by atoms with E-state index in [4.69, 9.17) is 10.00 Å². The Kier molecular flexibility index (Phi) is 5.65. The molecule has 1 aromatic carbocycles. The minimum atomic E-state index is -0.597. The summed E-state index contributed by atoms with van der Waals surface area (Å²) in [7, 11) is 1.32. The second-order valence-electron chi connectivity index (χ2n) is 3.86. The SMILES string of the molecule is C=CCNC(=O)/C(C#N)=C\c1ccc(OC)c([N+](=O)[O-])c1. The van der Waals surface area contributed by atoms with Crippen LogP contribution >= 0.6 is 0 Å². The third kappa shape index (κ3) is 4.18. The molecule has 0 fully saturated rings. The summed E-state index contributed by atoms with van der Waals surface area (Å²) in [6, 6.07) is 5.90. The van der Waals surface area contributed by atoms with Gasteiger partial charge in [0.05, 0.1) is 12.0 Å². The van der Waals surface area contributed by atoms with Gasteiger partial charge in [0.25, 0.3) is 5.91 Å². The van der Waals surface area contributed by atoms with Crippen molar-refractivity contribution in [3.63, 3.8) is 0 Å². The molecule has 7 nitrogen and oxygen atoms in total. The van der Waals surface area contributed by atoms with Gasteiger partial charge in [-0.05, 0) is 17.7 Å². The van der Waals surface area contributed by atoms with Crippen molar-refractivity contribution in [2.24, 2.45) is 0 Å². The van der Waals surface area contributed by atoms with Crippen molar-refractivity contribution in [2.75, 3.05) is 13.7 Å². The average Bonchev–Trinajstić information content (AvgIpc) is 2.49. The molecule has 108 valence electrons. The number of nitro groups is 1. The van der Waals surface area contributed by atoms with Crippen molar-refractivity contribution in [1.82, 2.24) is 5.32 Å². The highest BCUT2D eigenvalue weighted by Gasteiger charge is 2.15. The summed E-state index contributed by atoms with van der Waals surface area (Å²) < 4.78 is 4.88. The van der Waals surface area contributed by atoms with Crippen LogP contribution in [-0.4, -0.2) is 24.5 Å². The number of ether oxygens (including phenoxy) is 1. The van der Waals surface area contributed by atoms with Crippen LogP contribution in [0.25, 0.3) is 6.08 Å². The number of carbonyl (C=O) groups excluding carboxylic acids is 1. The van der Waals surface area contributed by atoms with Crippen molar-refractivity contribution >= 4 is 17.7 Å². The van der Waals surface area contributed by atoms with Gasteiger partial charge in [0.15, 0.2) is 5.75 Å². The summed E-state index contributed by atoms with van der Waals surface area (Å²) >= 11 is 0. The largest absolute Gasteiger partial charge is 0.490 e. The van der Waals surface area contributed by atoms with Crippen molar-refractivity contribution < 1.29 is 14.5 Å². The van der Waals surface area contributed by atoms with Crippen molar-refractivity contribution in [3.05, 3.63) is 52.1 Å². The molecule has 0 aliphatic heterocycles. The quantitative estimate of drug-likeness (QED) is 0.282. The van der Waals surface area contributed by atoms with Gasteiger partial charge in [-0.3, -0.25) is 14.9 Å². The van der Waals surface area contributed by atoms with Gasteiger partial charge in [-0.2, -0.15) is 5.26 Å². The summed E-state index contributed by atoms with van der Waals surface area (Å²) in [6.45, 7) is 3.67. The van der Waals surface area contributed by atoms with Crippen LogP contribution in [0.15, 0.2) is 36.4 Å². The number of hydrogen-bond donors (Lipinski definition) is 1. The summed E-state index contributed by atoms with van der Waals surface area (Å²) in [5.74, 6) is -0.470. The number of nitrogens with one attached hydrogen (secondary N) is 1. The van der Waals surface area contributed by atoms with Gasteiger partial charge in [-0.25, -0.2) is 0 Å². The minimum absolute atomic E-state index is 0.103. The van der Waals surface area contributed by atoms with E-state index in [0.717, 1.165) is 0 Å². The monoisotopic (exact) mass is 287 g/mol. The van der Waals surface area contributed by atoms with Gasteiger partial charge >= 0.3 is 5.69 Å². The van der Waals surface area contributed by atoms with Crippen LogP contribution in [-0.2, 0) is 4.79 Å². The molecular formula is C14H13N3O4. The highest BCUT2D eigenvalue weighted by Crippen LogP contribution is 2.28. The number of carbonyl (C=O) groups is 1. The van der Waals surface area contributed by atoms with E-state index in [1.54, 1.807) is 6.07 Å². The first kappa shape index (κ1) is 15.9. The van der Waals surface area contributed by atoms with Crippen LogP contribution in [0.2, 0.25) is 0 Å². The summed E-state index contributed by atoms with van der Waals surface area (Å²) in [5, 5.41) is 22.3. The van der Waals surface area contributed by atoms with E-state index in [-0.39, 0.29) is 23.6 Å². The summed E-state index contributed by atoms with van der Waals surface area (Å²) in [5.41, 5.74) is -0.0424. The maximum absolute atomic E-state index is 11.7. The molecule has 0 unspecified atom stereocenters. The smallest absolute Gasteiger partial charge is 0.311 e. The fraction of sp³-hybridized carbons (Fsp3) is 0.143. The second kappa shape index (κ2) is 7.45. The van der Waals surface area contributed by atoms with Crippen LogP contribution in [0, 0.1) is 21.4 Å². The Labute approximate surface area is 121 Å². The fourth-order valence-electron chi connectivity index (χ4n) is 1.51. The number of nitrogens with zero attached hydrogens (tertiary/aromatic N) is 2. The molecule has 0 saturated carbocycles. The first-order valence-corrected chi connectivity index (χ1v) is 5.86. The standard InChI is InChI=1S/C14H13N3O4/c1-3-6-16-14(18)11(9-15)7-10-4-5-13(21-2)12(8-10)17(19)20/h3-5,7-8H,1,6H2,2H3,(H,16,18)/b11-7-. The summed E-state index contributed by atoms with van der Waals surface area (Å²) in [6.07, 6.45) is 2.75. The highest BCUT2D eigenvalue weighted by molar-refractivity contribution is 6.01. The Hall–Kier alpha value is -3.14. The average molecular weight is 287 g/mol. The van der Waals surface area contributed by atoms with E-state index in [0.29, 0.717) is 5.56 Å². The number of benzene rings is 1. The predicted octanol–water partition coefficient (Wildman–Crippen LogP) is 1.81. The van der Waals surface area contributed by atoms with Crippen LogP contribution in [0.4, 0.5) is 5.69 Å². The van der Waals surface area contributed by atoms with Crippen LogP contribution in [0.1, 0.15) is 5.56 Å². The molecule has 1 amide bonds. The van der Waals surface area contributed by atoms with E-state index >= 15 is 0 Å². The first-order valence-electron chi connectivity index (χ1n) is 5.86. The Morgan fingerprint density at radius 1 is 1.62 bits per heavy atom. The number of hydrogen-bond acceptors (Lipinski definition) is 5. The lowest BCUT2D eigenvalue weighted by Gasteiger charge is -2.03. The Balaban J connectivity index is 3.15. The maximum atomic E-state index is 11.7. The lowest BCUT2D eigenvalue weighted by atomic mass is 10.1. The van der Waals surface area contributed by atoms with E-state index in [9.17, 15) is 14.9 Å². The van der Waals surface area contributed by atoms with Gasteiger partial charge in [-0.1, -0.05) is 12.1 Å². The van der Waals surface area contributed by atoms with Crippen molar-refractivity contribution in [3.8, 4) is 11.8 Å². The molecule has 0 radical (unpaired) electrons. The molecule has 1 aromatic rings. The molecule has 0 heterocycles. The molecular weight excluding hydrogens is 274 g/mol. The Morgan fingerprint density at radius 3 is 2.86 bits per heavy atom. The molecule has 0 aliphatic carbocycles. The summed E-state index contributed by atoms with van der Waals surface area (Å²) in [4.78, 5) is 22.0. The lowest BCUT2D eigenvalue weighted by molar-refractivity contribution is -0.385. The highest BCUT2D eigenvalue weighted by atomic mass is 16.6. The molecule has 7 heteroatoms. The number of methoxy groups -OCH3 is 1. The normalized spacial score (nSPS) is 10.4. The third-order valence-corrected chi connectivity index (χ3v) is 2.48. The fourth-order valence-corrected chi connectivity index (χ4v) is 1.51. The first-order chi connectivity index (χ1) is 10.0. The minimum Gasteiger partial charge on any atom is -0.490 e. The number of nitriles is 1. The predicted molar refractivity (Wildman–Crippen MR) is 76.4 cm³/mol. The van der Waals surface area contributed by atoms with E-state index < -0.39 is 10.8 Å².